The zero-order valence-electron chi connectivity index (χ0n) is 36.9. The number of benzene rings is 7. The molecule has 7 aromatic carbocycles. The van der Waals surface area contributed by atoms with Crippen molar-refractivity contribution in [3.8, 4) is 0 Å². The van der Waals surface area contributed by atoms with E-state index in [9.17, 15) is 19.2 Å². The molecular weight excluding hydrogens is 773 g/mol. The minimum absolute atomic E-state index is 0.222. The van der Waals surface area contributed by atoms with Gasteiger partial charge < -0.3 is 19.6 Å². The van der Waals surface area contributed by atoms with Crippen molar-refractivity contribution in [3.63, 3.8) is 0 Å². The van der Waals surface area contributed by atoms with Gasteiger partial charge in [-0.3, -0.25) is 28.3 Å². The predicted molar refractivity (Wildman–Crippen MR) is 258 cm³/mol. The van der Waals surface area contributed by atoms with Gasteiger partial charge in [0, 0.05) is 69.3 Å². The summed E-state index contributed by atoms with van der Waals surface area (Å²) in [7, 11) is 8.07. The highest BCUT2D eigenvalue weighted by molar-refractivity contribution is 6.50. The highest BCUT2D eigenvalue weighted by Crippen LogP contribution is 2.52. The van der Waals surface area contributed by atoms with Gasteiger partial charge in [0.2, 0.25) is 0 Å². The van der Waals surface area contributed by atoms with Crippen molar-refractivity contribution in [1.82, 2.24) is 28.7 Å². The average Bonchev–Trinajstić information content (AvgIpc) is 3.27. The van der Waals surface area contributed by atoms with Crippen LogP contribution in [0.3, 0.4) is 0 Å². The van der Waals surface area contributed by atoms with Gasteiger partial charge in [-0.15, -0.1) is 0 Å². The summed E-state index contributed by atoms with van der Waals surface area (Å²) >= 11 is 0. The average molecular weight is 831 g/mol. The quantitative estimate of drug-likeness (QED) is 0.0848. The third-order valence-corrected chi connectivity index (χ3v) is 14.9. The summed E-state index contributed by atoms with van der Waals surface area (Å²) in [6, 6.07) is 12.9. The molecule has 0 spiro atoms. The van der Waals surface area contributed by atoms with Gasteiger partial charge in [-0.05, 0) is 197 Å². The van der Waals surface area contributed by atoms with Crippen LogP contribution in [0.5, 0.6) is 0 Å². The largest absolute Gasteiger partial charge is 0.309 e. The molecule has 10 nitrogen and oxygen atoms in total. The first-order chi connectivity index (χ1) is 30.1. The van der Waals surface area contributed by atoms with Crippen molar-refractivity contribution in [2.24, 2.45) is 0 Å². The summed E-state index contributed by atoms with van der Waals surface area (Å²) in [4.78, 5) is 68.5. The third-order valence-electron chi connectivity index (χ3n) is 14.9. The van der Waals surface area contributed by atoms with Crippen LogP contribution in [0.2, 0.25) is 0 Å². The Morgan fingerprint density at radius 3 is 1.15 bits per heavy atom. The van der Waals surface area contributed by atoms with Crippen molar-refractivity contribution in [2.45, 2.75) is 77.3 Å². The Morgan fingerprint density at radius 1 is 0.403 bits per heavy atom. The summed E-state index contributed by atoms with van der Waals surface area (Å²) in [6.07, 6.45) is 10.3. The third kappa shape index (κ3) is 6.19. The second-order valence-corrected chi connectivity index (χ2v) is 19.5. The van der Waals surface area contributed by atoms with Gasteiger partial charge >= 0.3 is 0 Å². The zero-order valence-corrected chi connectivity index (χ0v) is 36.9. The maximum Gasteiger partial charge on any atom is 0.261 e. The first kappa shape index (κ1) is 39.8. The molecule has 0 unspecified atom stereocenters. The molecule has 9 aromatic rings. The van der Waals surface area contributed by atoms with Crippen LogP contribution in [0.15, 0.2) is 55.6 Å². The lowest BCUT2D eigenvalue weighted by Crippen LogP contribution is -2.34. The summed E-state index contributed by atoms with van der Waals surface area (Å²) in [5, 5.41) is 14.1. The van der Waals surface area contributed by atoms with E-state index in [1.54, 1.807) is 0 Å². The molecule has 2 aliphatic heterocycles. The monoisotopic (exact) mass is 830 g/mol. The molecule has 2 saturated heterocycles. The van der Waals surface area contributed by atoms with Crippen LogP contribution in [0, 0.1) is 0 Å². The smallest absolute Gasteiger partial charge is 0.261 e. The van der Waals surface area contributed by atoms with E-state index in [1.165, 1.54) is 47.7 Å². The van der Waals surface area contributed by atoms with Gasteiger partial charge in [-0.25, -0.2) is 0 Å². The van der Waals surface area contributed by atoms with Crippen LogP contribution < -0.4 is 22.2 Å². The topological polar surface area (TPSA) is 91.1 Å². The number of pyridine rings is 2. The normalized spacial score (nSPS) is 16.5. The molecule has 62 heavy (non-hydrogen) atoms. The van der Waals surface area contributed by atoms with Crippen LogP contribution in [0.1, 0.15) is 62.5 Å². The van der Waals surface area contributed by atoms with E-state index in [-0.39, 0.29) is 22.2 Å². The van der Waals surface area contributed by atoms with Crippen molar-refractivity contribution in [3.05, 3.63) is 88.9 Å². The second-order valence-electron chi connectivity index (χ2n) is 19.5. The number of aromatic nitrogens is 2. The molecular formula is C52H58N6O4. The number of rotatable bonds is 14. The van der Waals surface area contributed by atoms with Crippen molar-refractivity contribution in [2.75, 3.05) is 80.5 Å². The van der Waals surface area contributed by atoms with Gasteiger partial charge in [-0.2, -0.15) is 0 Å². The maximum atomic E-state index is 14.8. The zero-order chi connectivity index (χ0) is 42.6. The summed E-state index contributed by atoms with van der Waals surface area (Å²) in [5.74, 6) is 0. The Hall–Kier alpha value is -5.00. The van der Waals surface area contributed by atoms with Gasteiger partial charge in [0.15, 0.2) is 0 Å². The Bertz CT molecular complexity index is 3150. The molecule has 11 rings (SSSR count). The second kappa shape index (κ2) is 15.4. The van der Waals surface area contributed by atoms with E-state index >= 15 is 0 Å². The standard InChI is InChI=1S/C52H58N6O4/c1-53(2)15-11-21-57-49(59)37-27-33-25-32(14-24-56-19-9-6-10-20-56)36-30-40-44-38(50(60)58(52(40)62)22-12-16-54(3)4)28-34-26-31(13-23-55-17-7-5-8-18-55)35-29-39(51(57)61)43(37)47-41(33)46(36)48(44)42(34)45(35)47/h25-30H,5-24H2,1-4H3. The number of likely N-dealkylation sites (tertiary alicyclic amines) is 2. The molecule has 0 atom stereocenters. The van der Waals surface area contributed by atoms with Gasteiger partial charge in [-0.1, -0.05) is 25.0 Å². The van der Waals surface area contributed by atoms with Gasteiger partial charge in [0.1, 0.15) is 0 Å². The maximum absolute atomic E-state index is 14.8. The summed E-state index contributed by atoms with van der Waals surface area (Å²) in [6.45, 7) is 8.42. The molecule has 0 bridgehead atoms. The molecule has 0 N–H and O–H groups in total. The minimum atomic E-state index is -0.225. The van der Waals surface area contributed by atoms with E-state index in [0.29, 0.717) is 47.5 Å². The molecule has 0 saturated carbocycles. The first-order valence-corrected chi connectivity index (χ1v) is 23.3. The van der Waals surface area contributed by atoms with E-state index in [0.717, 1.165) is 141 Å². The van der Waals surface area contributed by atoms with Crippen molar-refractivity contribution in [1.29, 1.82) is 0 Å². The van der Waals surface area contributed by atoms with E-state index in [2.05, 4.69) is 56.0 Å². The van der Waals surface area contributed by atoms with Gasteiger partial charge in [0.25, 0.3) is 22.2 Å². The van der Waals surface area contributed by atoms with E-state index in [4.69, 9.17) is 0 Å². The summed E-state index contributed by atoms with van der Waals surface area (Å²) in [5.41, 5.74) is 1.41. The highest BCUT2D eigenvalue weighted by Gasteiger charge is 2.30. The Labute approximate surface area is 360 Å². The van der Waals surface area contributed by atoms with Gasteiger partial charge in [0.05, 0.1) is 0 Å². The predicted octanol–water partition coefficient (Wildman–Crippen LogP) is 7.11. The lowest BCUT2D eigenvalue weighted by atomic mass is 9.78. The lowest BCUT2D eigenvalue weighted by Gasteiger charge is -2.28. The van der Waals surface area contributed by atoms with Crippen LogP contribution in [-0.2, 0) is 25.9 Å². The van der Waals surface area contributed by atoms with Crippen LogP contribution in [0.4, 0.5) is 0 Å². The van der Waals surface area contributed by atoms with Crippen LogP contribution in [0.25, 0.3) is 86.2 Å². The van der Waals surface area contributed by atoms with Crippen LogP contribution >= 0.6 is 0 Å². The van der Waals surface area contributed by atoms with E-state index < -0.39 is 0 Å². The highest BCUT2D eigenvalue weighted by atomic mass is 16.2. The SMILES string of the molecule is CN(C)CCCn1c(=O)c2cc3cc(CCN4CCCCC4)c4cc5c(=O)n(CCCN(C)C)c(=O)c6cc7cc(CCN8CCCCC8)c8cc(c1=O)c2c1c3c4c(c65)c7c81. The molecule has 0 amide bonds. The fraction of sp³-hybridized carbons (Fsp3) is 0.462. The van der Waals surface area contributed by atoms with Crippen LogP contribution in [-0.4, -0.2) is 109 Å². The van der Waals surface area contributed by atoms with E-state index in [1.807, 2.05) is 28.2 Å². The molecule has 0 radical (unpaired) electrons. The van der Waals surface area contributed by atoms with Crippen molar-refractivity contribution < 1.29 is 0 Å². The minimum Gasteiger partial charge on any atom is -0.309 e. The molecule has 2 aliphatic rings. The number of hydrogen-bond acceptors (Lipinski definition) is 8. The molecule has 4 heterocycles. The Kier molecular flexibility index (Phi) is 9.87. The molecule has 2 fully saturated rings. The molecule has 320 valence electrons. The van der Waals surface area contributed by atoms with Crippen molar-refractivity contribution >= 4 is 86.2 Å². The molecule has 0 aliphatic carbocycles. The fourth-order valence-corrected chi connectivity index (χ4v) is 11.9. The Morgan fingerprint density at radius 2 is 0.774 bits per heavy atom. The number of piperidine rings is 2. The first-order valence-electron chi connectivity index (χ1n) is 23.3. The molecule has 10 heteroatoms. The molecule has 2 aromatic heterocycles. The fourth-order valence-electron chi connectivity index (χ4n) is 11.9. The lowest BCUT2D eigenvalue weighted by molar-refractivity contribution is 0.231. The Balaban J connectivity index is 1.28. The summed E-state index contributed by atoms with van der Waals surface area (Å²) < 4.78 is 2.99. The number of nitrogens with zero attached hydrogens (tertiary/aromatic N) is 6. The number of hydrogen-bond donors (Lipinski definition) is 0.